The van der Waals surface area contributed by atoms with Gasteiger partial charge in [-0.15, -0.1) is 0 Å². The number of aliphatic carboxylic acids is 1. The number of rotatable bonds is 7. The maximum Gasteiger partial charge on any atom is 0.306 e. The van der Waals surface area contributed by atoms with Crippen LogP contribution in [0.4, 0.5) is 0 Å². The van der Waals surface area contributed by atoms with Crippen molar-refractivity contribution in [2.45, 2.75) is 53.0 Å². The van der Waals surface area contributed by atoms with Gasteiger partial charge in [0.25, 0.3) is 5.91 Å². The van der Waals surface area contributed by atoms with Crippen molar-refractivity contribution < 1.29 is 19.2 Å². The van der Waals surface area contributed by atoms with E-state index in [1.807, 2.05) is 6.92 Å². The van der Waals surface area contributed by atoms with Crippen LogP contribution in [0.3, 0.4) is 0 Å². The molecule has 0 aliphatic carbocycles. The highest BCUT2D eigenvalue weighted by atomic mass is 16.5. The van der Waals surface area contributed by atoms with E-state index in [4.69, 9.17) is 9.63 Å². The molecule has 0 fully saturated rings. The minimum atomic E-state index is -0.780. The van der Waals surface area contributed by atoms with Gasteiger partial charge >= 0.3 is 5.97 Å². The molecule has 0 radical (unpaired) electrons. The molecule has 0 aliphatic heterocycles. The van der Waals surface area contributed by atoms with Crippen LogP contribution in [0.1, 0.15) is 54.9 Å². The fraction of sp³-hybridized carbons (Fsp3) is 0.643. The van der Waals surface area contributed by atoms with Crippen LogP contribution >= 0.6 is 0 Å². The number of carbonyl (C=O) groups is 2. The molecule has 1 aromatic rings. The first-order chi connectivity index (χ1) is 9.32. The Morgan fingerprint density at radius 2 is 1.95 bits per heavy atom. The number of hydrogen-bond acceptors (Lipinski definition) is 4. The van der Waals surface area contributed by atoms with E-state index in [2.05, 4.69) is 10.5 Å². The van der Waals surface area contributed by atoms with Crippen molar-refractivity contribution >= 4 is 11.9 Å². The van der Waals surface area contributed by atoms with Crippen molar-refractivity contribution in [1.82, 2.24) is 10.5 Å². The molecule has 0 saturated heterocycles. The average molecular weight is 282 g/mol. The number of carboxylic acids is 1. The number of carboxylic acid groups (broad SMARTS) is 1. The van der Waals surface area contributed by atoms with Crippen molar-refractivity contribution in [3.63, 3.8) is 0 Å². The molecule has 1 aromatic heterocycles. The second kappa shape index (κ2) is 7.07. The summed E-state index contributed by atoms with van der Waals surface area (Å²) in [7, 11) is 0. The van der Waals surface area contributed by atoms with Crippen LogP contribution in [0.15, 0.2) is 4.52 Å². The van der Waals surface area contributed by atoms with Crippen LogP contribution in [0, 0.1) is 19.8 Å². The number of hydrogen-bond donors (Lipinski definition) is 2. The minimum Gasteiger partial charge on any atom is -0.481 e. The molecule has 0 spiro atoms. The maximum absolute atomic E-state index is 12.1. The monoisotopic (exact) mass is 282 g/mol. The lowest BCUT2D eigenvalue weighted by atomic mass is 10.0. The van der Waals surface area contributed by atoms with Gasteiger partial charge in [-0.2, -0.15) is 0 Å². The van der Waals surface area contributed by atoms with Crippen molar-refractivity contribution in [2.75, 3.05) is 0 Å². The molecule has 0 aromatic carbocycles. The van der Waals surface area contributed by atoms with Gasteiger partial charge in [-0.3, -0.25) is 9.59 Å². The molecular weight excluding hydrogens is 260 g/mol. The van der Waals surface area contributed by atoms with Gasteiger partial charge in [-0.05, 0) is 33.6 Å². The third kappa shape index (κ3) is 4.36. The number of aromatic nitrogens is 1. The maximum atomic E-state index is 12.1. The van der Waals surface area contributed by atoms with Crippen LogP contribution < -0.4 is 5.32 Å². The predicted molar refractivity (Wildman–Crippen MR) is 73.6 cm³/mol. The molecule has 0 aliphatic rings. The Bertz CT molecular complexity index is 462. The summed E-state index contributed by atoms with van der Waals surface area (Å²) in [4.78, 5) is 22.8. The highest BCUT2D eigenvalue weighted by Gasteiger charge is 2.19. The van der Waals surface area contributed by atoms with Gasteiger partial charge in [-0.25, -0.2) is 0 Å². The van der Waals surface area contributed by atoms with Crippen LogP contribution in [0.5, 0.6) is 0 Å². The molecule has 0 bridgehead atoms. The van der Waals surface area contributed by atoms with E-state index in [1.54, 1.807) is 20.8 Å². The van der Waals surface area contributed by atoms with Gasteiger partial charge in [0.15, 0.2) is 0 Å². The zero-order chi connectivity index (χ0) is 15.3. The number of carbonyl (C=O) groups excluding carboxylic acids is 1. The first-order valence-electron chi connectivity index (χ1n) is 6.79. The van der Waals surface area contributed by atoms with Gasteiger partial charge in [-0.1, -0.05) is 18.5 Å². The fourth-order valence-electron chi connectivity index (χ4n) is 2.03. The summed E-state index contributed by atoms with van der Waals surface area (Å²) >= 11 is 0. The molecule has 2 N–H and O–H groups in total. The first kappa shape index (κ1) is 16.2. The molecule has 2 atom stereocenters. The van der Waals surface area contributed by atoms with Gasteiger partial charge in [0.05, 0.1) is 11.6 Å². The summed E-state index contributed by atoms with van der Waals surface area (Å²) < 4.78 is 4.96. The molecule has 1 amide bonds. The molecule has 2 unspecified atom stereocenters. The summed E-state index contributed by atoms with van der Waals surface area (Å²) in [6.45, 7) is 7.02. The van der Waals surface area contributed by atoms with E-state index < -0.39 is 5.97 Å². The fourth-order valence-corrected chi connectivity index (χ4v) is 2.03. The second-order valence-electron chi connectivity index (χ2n) is 5.24. The van der Waals surface area contributed by atoms with E-state index >= 15 is 0 Å². The van der Waals surface area contributed by atoms with E-state index in [-0.39, 0.29) is 17.9 Å². The quantitative estimate of drug-likeness (QED) is 0.800. The summed E-state index contributed by atoms with van der Waals surface area (Å²) in [5.74, 6) is -0.815. The number of nitrogens with zero attached hydrogens (tertiary/aromatic N) is 1. The zero-order valence-electron chi connectivity index (χ0n) is 12.4. The Balaban J connectivity index is 2.41. The van der Waals surface area contributed by atoms with Gasteiger partial charge in [0.2, 0.25) is 0 Å². The van der Waals surface area contributed by atoms with E-state index in [9.17, 15) is 9.59 Å². The summed E-state index contributed by atoms with van der Waals surface area (Å²) in [6.07, 6.45) is 2.12. The van der Waals surface area contributed by atoms with E-state index in [1.165, 1.54) is 0 Å². The number of nitrogens with one attached hydrogen (secondary N) is 1. The van der Waals surface area contributed by atoms with E-state index in [0.717, 1.165) is 12.8 Å². The molecular formula is C14H22N2O4. The van der Waals surface area contributed by atoms with Crippen molar-refractivity contribution in [2.24, 2.45) is 5.92 Å². The molecule has 20 heavy (non-hydrogen) atoms. The summed E-state index contributed by atoms with van der Waals surface area (Å²) in [5, 5.41) is 15.4. The Morgan fingerprint density at radius 1 is 1.30 bits per heavy atom. The third-order valence-corrected chi connectivity index (χ3v) is 3.33. The number of amides is 1. The lowest BCUT2D eigenvalue weighted by Crippen LogP contribution is -2.33. The minimum absolute atomic E-state index is 0.0165. The molecule has 1 rings (SSSR count). The highest BCUT2D eigenvalue weighted by Crippen LogP contribution is 2.13. The Hall–Kier alpha value is -1.85. The predicted octanol–water partition coefficient (Wildman–Crippen LogP) is 2.30. The van der Waals surface area contributed by atoms with Crippen molar-refractivity contribution in [1.29, 1.82) is 0 Å². The highest BCUT2D eigenvalue weighted by molar-refractivity contribution is 5.96. The molecule has 6 nitrogen and oxygen atoms in total. The topological polar surface area (TPSA) is 92.4 Å². The first-order valence-corrected chi connectivity index (χ1v) is 6.79. The Morgan fingerprint density at radius 3 is 2.45 bits per heavy atom. The molecule has 1 heterocycles. The molecule has 112 valence electrons. The normalized spacial score (nSPS) is 13.8. The standard InChI is InChI=1S/C14H22N2O4/c1-8(14(18)19)6-5-7-9(2)15-13(17)12-10(3)16-20-11(12)4/h8-9H,5-7H2,1-4H3,(H,15,17)(H,18,19). The van der Waals surface area contributed by atoms with Crippen LogP contribution in [-0.4, -0.2) is 28.2 Å². The lowest BCUT2D eigenvalue weighted by molar-refractivity contribution is -0.141. The average Bonchev–Trinajstić information content (AvgIpc) is 2.68. The van der Waals surface area contributed by atoms with Gasteiger partial charge in [0.1, 0.15) is 11.3 Å². The largest absolute Gasteiger partial charge is 0.481 e. The van der Waals surface area contributed by atoms with Gasteiger partial charge in [0, 0.05) is 6.04 Å². The van der Waals surface area contributed by atoms with E-state index in [0.29, 0.717) is 23.4 Å². The van der Waals surface area contributed by atoms with Crippen molar-refractivity contribution in [3.8, 4) is 0 Å². The Kier molecular flexibility index (Phi) is 5.73. The lowest BCUT2D eigenvalue weighted by Gasteiger charge is -2.14. The molecule has 6 heteroatoms. The SMILES string of the molecule is Cc1noc(C)c1C(=O)NC(C)CCCC(C)C(=O)O. The second-order valence-corrected chi connectivity index (χ2v) is 5.24. The molecule has 0 saturated carbocycles. The number of aryl methyl sites for hydroxylation is 2. The summed E-state index contributed by atoms with van der Waals surface area (Å²) in [6, 6.07) is -0.0165. The summed E-state index contributed by atoms with van der Waals surface area (Å²) in [5.41, 5.74) is 1.06. The Labute approximate surface area is 118 Å². The van der Waals surface area contributed by atoms with Gasteiger partial charge < -0.3 is 14.9 Å². The van der Waals surface area contributed by atoms with Crippen LogP contribution in [-0.2, 0) is 4.79 Å². The third-order valence-electron chi connectivity index (χ3n) is 3.33. The smallest absolute Gasteiger partial charge is 0.306 e. The zero-order valence-corrected chi connectivity index (χ0v) is 12.4. The van der Waals surface area contributed by atoms with Crippen LogP contribution in [0.25, 0.3) is 0 Å². The van der Waals surface area contributed by atoms with Crippen LogP contribution in [0.2, 0.25) is 0 Å². The van der Waals surface area contributed by atoms with Crippen molar-refractivity contribution in [3.05, 3.63) is 17.0 Å².